The van der Waals surface area contributed by atoms with Gasteiger partial charge in [0.25, 0.3) is 0 Å². The monoisotopic (exact) mass is 391 g/mol. The van der Waals surface area contributed by atoms with Gasteiger partial charge in [-0.1, -0.05) is 6.42 Å². The average molecular weight is 391 g/mol. The Balaban J connectivity index is 1.44. The summed E-state index contributed by atoms with van der Waals surface area (Å²) < 4.78 is 17.8. The zero-order valence-electron chi connectivity index (χ0n) is 17.7. The lowest BCUT2D eigenvalue weighted by Crippen LogP contribution is -2.41. The van der Waals surface area contributed by atoms with E-state index in [9.17, 15) is 5.11 Å². The van der Waals surface area contributed by atoms with E-state index in [2.05, 4.69) is 14.9 Å². The highest BCUT2D eigenvalue weighted by molar-refractivity contribution is 6.61. The van der Waals surface area contributed by atoms with Gasteiger partial charge in [-0.3, -0.25) is 4.90 Å². The number of aliphatic hydroxyl groups is 1. The number of likely N-dealkylation sites (tertiary alicyclic amines) is 1. The van der Waals surface area contributed by atoms with Crippen LogP contribution in [0.4, 0.5) is 0 Å². The first kappa shape index (κ1) is 21.5. The van der Waals surface area contributed by atoms with Crippen LogP contribution in [0, 0.1) is 0 Å². The zero-order chi connectivity index (χ0) is 20.2. The molecule has 1 aromatic rings. The number of aromatic nitrogens is 2. The van der Waals surface area contributed by atoms with E-state index in [-0.39, 0.29) is 17.8 Å². The molecule has 2 fully saturated rings. The summed E-state index contributed by atoms with van der Waals surface area (Å²) in [6, 6.07) is 0.937. The molecule has 1 N–H and O–H groups in total. The van der Waals surface area contributed by atoms with E-state index in [4.69, 9.17) is 14.0 Å². The molecule has 0 aromatic carbocycles. The number of aliphatic hydroxyl groups excluding tert-OH is 1. The Labute approximate surface area is 168 Å². The average Bonchev–Trinajstić information content (AvgIpc) is 2.88. The van der Waals surface area contributed by atoms with Gasteiger partial charge in [-0.25, -0.2) is 9.97 Å². The highest BCUT2D eigenvalue weighted by atomic mass is 16.7. The van der Waals surface area contributed by atoms with Crippen molar-refractivity contribution in [1.29, 1.82) is 0 Å². The fraction of sp³-hybridized carbons (Fsp3) is 0.800. The van der Waals surface area contributed by atoms with Gasteiger partial charge in [-0.15, -0.1) is 0 Å². The fourth-order valence-corrected chi connectivity index (χ4v) is 3.79. The molecule has 3 rings (SSSR count). The minimum Gasteiger partial charge on any atom is -0.463 e. The van der Waals surface area contributed by atoms with Crippen molar-refractivity contribution in [2.24, 2.45) is 0 Å². The normalized spacial score (nSPS) is 24.5. The maximum absolute atomic E-state index is 9.21. The predicted octanol–water partition coefficient (Wildman–Crippen LogP) is 1.78. The second kappa shape index (κ2) is 9.07. The Bertz CT molecular complexity index is 608. The van der Waals surface area contributed by atoms with E-state index in [0.717, 1.165) is 31.4 Å². The second-order valence-corrected chi connectivity index (χ2v) is 8.79. The minimum absolute atomic E-state index is 0.232. The van der Waals surface area contributed by atoms with E-state index in [1.165, 1.54) is 19.3 Å². The molecule has 0 spiro atoms. The van der Waals surface area contributed by atoms with Crippen molar-refractivity contribution in [3.05, 3.63) is 12.4 Å². The number of piperidine rings is 1. The molecular weight excluding hydrogens is 357 g/mol. The van der Waals surface area contributed by atoms with Crippen LogP contribution in [0.2, 0.25) is 0 Å². The molecule has 0 amide bonds. The summed E-state index contributed by atoms with van der Waals surface area (Å²) in [5.74, 6) is 0. The summed E-state index contributed by atoms with van der Waals surface area (Å²) in [6.07, 6.45) is 9.18. The molecule has 2 saturated heterocycles. The number of β-amino-alcohol motifs (C(OH)–C–C–N with tert-alkyl or cyclic N) is 1. The molecule has 0 radical (unpaired) electrons. The number of rotatable bonds is 8. The Morgan fingerprint density at radius 1 is 1.18 bits per heavy atom. The van der Waals surface area contributed by atoms with Crippen molar-refractivity contribution in [3.8, 4) is 6.01 Å². The highest BCUT2D eigenvalue weighted by Gasteiger charge is 2.51. The van der Waals surface area contributed by atoms with Crippen molar-refractivity contribution in [1.82, 2.24) is 14.9 Å². The first-order chi connectivity index (χ1) is 13.3. The molecule has 28 heavy (non-hydrogen) atoms. The molecule has 0 bridgehead atoms. The van der Waals surface area contributed by atoms with E-state index in [1.54, 1.807) is 12.4 Å². The SMILES string of the molecule is CC1(C)OB(c2cnc(OCCCC3CCCCN3CCO)nc2)OC1(C)C. The third-order valence-corrected chi connectivity index (χ3v) is 6.22. The summed E-state index contributed by atoms with van der Waals surface area (Å²) in [7, 11) is -0.456. The number of nitrogens with zero attached hydrogens (tertiary/aromatic N) is 3. The Kier molecular flexibility index (Phi) is 6.96. The number of hydrogen-bond donors (Lipinski definition) is 1. The van der Waals surface area contributed by atoms with Crippen molar-refractivity contribution in [2.75, 3.05) is 26.3 Å². The molecule has 0 saturated carbocycles. The smallest absolute Gasteiger partial charge is 0.463 e. The number of ether oxygens (including phenoxy) is 1. The second-order valence-electron chi connectivity index (χ2n) is 8.79. The van der Waals surface area contributed by atoms with Gasteiger partial charge in [0.2, 0.25) is 0 Å². The lowest BCUT2D eigenvalue weighted by atomic mass is 9.81. The van der Waals surface area contributed by atoms with Crippen LogP contribution in [0.3, 0.4) is 0 Å². The first-order valence-electron chi connectivity index (χ1n) is 10.5. The van der Waals surface area contributed by atoms with E-state index >= 15 is 0 Å². The Hall–Kier alpha value is -1.22. The molecule has 1 unspecified atom stereocenters. The summed E-state index contributed by atoms with van der Waals surface area (Å²) in [5, 5.41) is 9.21. The third-order valence-electron chi connectivity index (χ3n) is 6.22. The Morgan fingerprint density at radius 3 is 2.50 bits per heavy atom. The van der Waals surface area contributed by atoms with Crippen molar-refractivity contribution >= 4 is 12.6 Å². The van der Waals surface area contributed by atoms with Crippen LogP contribution in [0.25, 0.3) is 0 Å². The summed E-state index contributed by atoms with van der Waals surface area (Å²) in [6.45, 7) is 10.8. The van der Waals surface area contributed by atoms with Crippen LogP contribution in [0.5, 0.6) is 6.01 Å². The van der Waals surface area contributed by atoms with Gasteiger partial charge in [0.15, 0.2) is 0 Å². The standard InChI is InChI=1S/C20H34BN3O4/c1-19(2)20(3,4)28-21(27-19)16-14-22-18(23-15-16)26-13-7-9-17-8-5-6-10-24(17)11-12-25/h14-15,17,25H,5-13H2,1-4H3. The summed E-state index contributed by atoms with van der Waals surface area (Å²) >= 11 is 0. The molecule has 1 atom stereocenters. The molecule has 2 aliphatic heterocycles. The van der Waals surface area contributed by atoms with E-state index in [0.29, 0.717) is 18.7 Å². The quantitative estimate of drug-likeness (QED) is 0.535. The largest absolute Gasteiger partial charge is 0.498 e. The van der Waals surface area contributed by atoms with Gasteiger partial charge in [0, 0.05) is 30.4 Å². The van der Waals surface area contributed by atoms with Crippen LogP contribution in [-0.4, -0.2) is 70.6 Å². The predicted molar refractivity (Wildman–Crippen MR) is 109 cm³/mol. The Morgan fingerprint density at radius 2 is 1.86 bits per heavy atom. The molecular formula is C20H34BN3O4. The van der Waals surface area contributed by atoms with Crippen LogP contribution in [0.1, 0.15) is 59.8 Å². The van der Waals surface area contributed by atoms with Crippen LogP contribution >= 0.6 is 0 Å². The molecule has 8 heteroatoms. The maximum Gasteiger partial charge on any atom is 0.498 e. The lowest BCUT2D eigenvalue weighted by Gasteiger charge is -2.35. The van der Waals surface area contributed by atoms with Crippen molar-refractivity contribution in [3.63, 3.8) is 0 Å². The van der Waals surface area contributed by atoms with Gasteiger partial charge in [0.05, 0.1) is 24.4 Å². The van der Waals surface area contributed by atoms with Gasteiger partial charge in [-0.05, 0) is 59.9 Å². The molecule has 1 aromatic heterocycles. The van der Waals surface area contributed by atoms with Gasteiger partial charge in [-0.2, -0.15) is 0 Å². The lowest BCUT2D eigenvalue weighted by molar-refractivity contribution is 0.00578. The molecule has 2 aliphatic rings. The topological polar surface area (TPSA) is 76.9 Å². The van der Waals surface area contributed by atoms with Crippen LogP contribution in [-0.2, 0) is 9.31 Å². The molecule has 156 valence electrons. The molecule has 3 heterocycles. The number of hydrogen-bond acceptors (Lipinski definition) is 7. The fourth-order valence-electron chi connectivity index (χ4n) is 3.79. The van der Waals surface area contributed by atoms with Crippen molar-refractivity contribution < 1.29 is 19.2 Å². The van der Waals surface area contributed by atoms with Crippen LogP contribution < -0.4 is 10.2 Å². The first-order valence-corrected chi connectivity index (χ1v) is 10.5. The van der Waals surface area contributed by atoms with Gasteiger partial charge >= 0.3 is 13.1 Å². The molecule has 0 aliphatic carbocycles. The van der Waals surface area contributed by atoms with Crippen LogP contribution in [0.15, 0.2) is 12.4 Å². The molecule has 7 nitrogen and oxygen atoms in total. The highest BCUT2D eigenvalue weighted by Crippen LogP contribution is 2.36. The van der Waals surface area contributed by atoms with E-state index in [1.807, 2.05) is 27.7 Å². The van der Waals surface area contributed by atoms with Crippen molar-refractivity contribution in [2.45, 2.75) is 77.0 Å². The third kappa shape index (κ3) is 5.03. The summed E-state index contributed by atoms with van der Waals surface area (Å²) in [5.41, 5.74) is 0.0407. The minimum atomic E-state index is -0.456. The van der Waals surface area contributed by atoms with Gasteiger partial charge < -0.3 is 19.2 Å². The van der Waals surface area contributed by atoms with Gasteiger partial charge in [0.1, 0.15) is 0 Å². The maximum atomic E-state index is 9.21. The van der Waals surface area contributed by atoms with E-state index < -0.39 is 7.12 Å². The zero-order valence-corrected chi connectivity index (χ0v) is 17.7. The summed E-state index contributed by atoms with van der Waals surface area (Å²) in [4.78, 5) is 11.0.